The second-order valence-corrected chi connectivity index (χ2v) is 5.57. The Kier molecular flexibility index (Phi) is 4.02. The van der Waals surface area contributed by atoms with Gasteiger partial charge in [0.15, 0.2) is 5.78 Å². The van der Waals surface area contributed by atoms with Crippen molar-refractivity contribution in [1.82, 2.24) is 0 Å². The van der Waals surface area contributed by atoms with E-state index in [1.54, 1.807) is 20.8 Å². The van der Waals surface area contributed by atoms with Crippen molar-refractivity contribution < 1.29 is 9.59 Å². The Labute approximate surface area is 112 Å². The molecule has 0 aliphatic rings. The van der Waals surface area contributed by atoms with Gasteiger partial charge in [0.2, 0.25) is 5.91 Å². The zero-order chi connectivity index (χ0) is 14.1. The number of carbonyl (C=O) groups is 2. The van der Waals surface area contributed by atoms with Gasteiger partial charge in [-0.2, -0.15) is 0 Å². The van der Waals surface area contributed by atoms with Gasteiger partial charge in [-0.25, -0.2) is 0 Å². The predicted octanol–water partition coefficient (Wildman–Crippen LogP) is 3.11. The molecule has 0 atom stereocenters. The van der Waals surface area contributed by atoms with Gasteiger partial charge in [-0.15, -0.1) is 0 Å². The minimum atomic E-state index is -0.565. The first-order chi connectivity index (χ1) is 8.12. The first-order valence-electron chi connectivity index (χ1n) is 5.54. The quantitative estimate of drug-likeness (QED) is 0.639. The third-order valence-electron chi connectivity index (χ3n) is 2.33. The first-order valence-corrected chi connectivity index (χ1v) is 5.92. The second kappa shape index (κ2) is 4.98. The first kappa shape index (κ1) is 14.5. The molecule has 0 heterocycles. The van der Waals surface area contributed by atoms with Crippen LogP contribution in [0.2, 0.25) is 5.02 Å². The highest BCUT2D eigenvalue weighted by molar-refractivity contribution is 6.37. The van der Waals surface area contributed by atoms with E-state index in [1.165, 1.54) is 19.1 Å². The van der Waals surface area contributed by atoms with E-state index in [9.17, 15) is 9.59 Å². The molecule has 0 aromatic heterocycles. The van der Waals surface area contributed by atoms with Gasteiger partial charge in [0.25, 0.3) is 0 Å². The van der Waals surface area contributed by atoms with Gasteiger partial charge in [0.05, 0.1) is 10.7 Å². The average molecular weight is 269 g/mol. The van der Waals surface area contributed by atoms with Crippen molar-refractivity contribution >= 4 is 34.7 Å². The fraction of sp³-hybridized carbons (Fsp3) is 0.385. The summed E-state index contributed by atoms with van der Waals surface area (Å²) in [6, 6.07) is 3.06. The van der Waals surface area contributed by atoms with Gasteiger partial charge in [-0.1, -0.05) is 32.4 Å². The molecule has 1 amide bonds. The fourth-order valence-corrected chi connectivity index (χ4v) is 1.74. The number of hydrogen-bond acceptors (Lipinski definition) is 3. The van der Waals surface area contributed by atoms with Crippen LogP contribution in [0.15, 0.2) is 12.1 Å². The number of Topliss-reactive ketones (excluding diaryl/α,β-unsaturated/α-hetero) is 1. The van der Waals surface area contributed by atoms with Crippen LogP contribution in [0.3, 0.4) is 0 Å². The maximum atomic E-state index is 12.2. The number of hydrogen-bond donors (Lipinski definition) is 2. The van der Waals surface area contributed by atoms with Gasteiger partial charge in [0, 0.05) is 23.6 Å². The van der Waals surface area contributed by atoms with Crippen LogP contribution in [-0.4, -0.2) is 11.7 Å². The molecular formula is C13H17ClN2O2. The number of ketones is 1. The SMILES string of the molecule is CC(=O)Nc1cc(N)cc(C(=O)C(C)(C)C)c1Cl. The van der Waals surface area contributed by atoms with Crippen LogP contribution in [0.25, 0.3) is 0 Å². The number of benzene rings is 1. The van der Waals surface area contributed by atoms with Crippen molar-refractivity contribution in [1.29, 1.82) is 0 Å². The third-order valence-corrected chi connectivity index (χ3v) is 2.74. The highest BCUT2D eigenvalue weighted by Gasteiger charge is 2.26. The third kappa shape index (κ3) is 3.23. The molecule has 98 valence electrons. The van der Waals surface area contributed by atoms with Crippen LogP contribution in [0, 0.1) is 5.41 Å². The zero-order valence-corrected chi connectivity index (χ0v) is 11.7. The normalized spacial score (nSPS) is 11.2. The van der Waals surface area contributed by atoms with Crippen LogP contribution in [0.1, 0.15) is 38.1 Å². The highest BCUT2D eigenvalue weighted by atomic mass is 35.5. The Morgan fingerprint density at radius 1 is 1.28 bits per heavy atom. The summed E-state index contributed by atoms with van der Waals surface area (Å²) in [4.78, 5) is 23.3. The van der Waals surface area contributed by atoms with Gasteiger partial charge in [-0.05, 0) is 12.1 Å². The summed E-state index contributed by atoms with van der Waals surface area (Å²) in [6.45, 7) is 6.76. The molecule has 1 aromatic rings. The minimum absolute atomic E-state index is 0.119. The van der Waals surface area contributed by atoms with Gasteiger partial charge in [0.1, 0.15) is 0 Å². The van der Waals surface area contributed by atoms with Gasteiger partial charge >= 0.3 is 0 Å². The number of carbonyl (C=O) groups excluding carboxylic acids is 2. The van der Waals surface area contributed by atoms with Gasteiger partial charge in [-0.3, -0.25) is 9.59 Å². The summed E-state index contributed by atoms with van der Waals surface area (Å²) in [5.41, 5.74) is 6.23. The summed E-state index contributed by atoms with van der Waals surface area (Å²) >= 11 is 6.13. The Balaban J connectivity index is 3.33. The second-order valence-electron chi connectivity index (χ2n) is 5.19. The van der Waals surface area contributed by atoms with Crippen LogP contribution in [-0.2, 0) is 4.79 Å². The lowest BCUT2D eigenvalue weighted by molar-refractivity contribution is -0.114. The molecule has 3 N–H and O–H groups in total. The number of nitrogens with one attached hydrogen (secondary N) is 1. The topological polar surface area (TPSA) is 72.2 Å². The van der Waals surface area contributed by atoms with Crippen molar-refractivity contribution in [2.45, 2.75) is 27.7 Å². The number of rotatable bonds is 2. The summed E-state index contributed by atoms with van der Waals surface area (Å²) in [5, 5.41) is 2.78. The van der Waals surface area contributed by atoms with Crippen LogP contribution in [0.4, 0.5) is 11.4 Å². The lowest BCUT2D eigenvalue weighted by Crippen LogP contribution is -2.21. The summed E-state index contributed by atoms with van der Waals surface area (Å²) < 4.78 is 0. The number of nitrogens with two attached hydrogens (primary N) is 1. The molecular weight excluding hydrogens is 252 g/mol. The summed E-state index contributed by atoms with van der Waals surface area (Å²) in [5.74, 6) is -0.386. The maximum Gasteiger partial charge on any atom is 0.221 e. The van der Waals surface area contributed by atoms with Crippen molar-refractivity contribution in [2.75, 3.05) is 11.1 Å². The highest BCUT2D eigenvalue weighted by Crippen LogP contribution is 2.33. The minimum Gasteiger partial charge on any atom is -0.399 e. The predicted molar refractivity (Wildman–Crippen MR) is 74.0 cm³/mol. The number of halogens is 1. The largest absolute Gasteiger partial charge is 0.399 e. The zero-order valence-electron chi connectivity index (χ0n) is 10.9. The number of nitrogen functional groups attached to an aromatic ring is 1. The fourth-order valence-electron chi connectivity index (χ4n) is 1.50. The molecule has 0 aliphatic carbocycles. The Morgan fingerprint density at radius 3 is 2.28 bits per heavy atom. The molecule has 0 fully saturated rings. The monoisotopic (exact) mass is 268 g/mol. The summed E-state index contributed by atoms with van der Waals surface area (Å²) in [6.07, 6.45) is 0. The van der Waals surface area contributed by atoms with Gasteiger partial charge < -0.3 is 11.1 Å². The molecule has 0 radical (unpaired) electrons. The van der Waals surface area contributed by atoms with E-state index in [4.69, 9.17) is 17.3 Å². The molecule has 1 rings (SSSR count). The van der Waals surface area contributed by atoms with E-state index in [1.807, 2.05) is 0 Å². The van der Waals surface area contributed by atoms with E-state index in [2.05, 4.69) is 5.32 Å². The summed E-state index contributed by atoms with van der Waals surface area (Å²) in [7, 11) is 0. The molecule has 0 aliphatic heterocycles. The smallest absolute Gasteiger partial charge is 0.221 e. The van der Waals surface area contributed by atoms with E-state index in [-0.39, 0.29) is 16.7 Å². The number of anilines is 2. The van der Waals surface area contributed by atoms with Crippen molar-refractivity contribution in [2.24, 2.45) is 5.41 Å². The molecule has 1 aromatic carbocycles. The lowest BCUT2D eigenvalue weighted by atomic mass is 9.86. The number of amides is 1. The van der Waals surface area contributed by atoms with Crippen LogP contribution >= 0.6 is 11.6 Å². The molecule has 0 saturated carbocycles. The molecule has 0 unspecified atom stereocenters. The van der Waals surface area contributed by atoms with E-state index >= 15 is 0 Å². The van der Waals surface area contributed by atoms with Crippen LogP contribution < -0.4 is 11.1 Å². The molecule has 5 heteroatoms. The molecule has 18 heavy (non-hydrogen) atoms. The van der Waals surface area contributed by atoms with E-state index in [0.717, 1.165) is 0 Å². The Hall–Kier alpha value is -1.55. The standard InChI is InChI=1S/C13H17ClN2O2/c1-7(17)16-10-6-8(15)5-9(11(10)14)12(18)13(2,3)4/h5-6H,15H2,1-4H3,(H,16,17). The van der Waals surface area contributed by atoms with E-state index in [0.29, 0.717) is 16.9 Å². The molecule has 0 bridgehead atoms. The maximum absolute atomic E-state index is 12.2. The molecule has 4 nitrogen and oxygen atoms in total. The molecule has 0 saturated heterocycles. The van der Waals surface area contributed by atoms with Crippen molar-refractivity contribution in [3.05, 3.63) is 22.7 Å². The van der Waals surface area contributed by atoms with E-state index < -0.39 is 5.41 Å². The van der Waals surface area contributed by atoms with Crippen molar-refractivity contribution in [3.8, 4) is 0 Å². The molecule has 0 spiro atoms. The average Bonchev–Trinajstić information content (AvgIpc) is 2.19. The Bertz CT molecular complexity index is 504. The lowest BCUT2D eigenvalue weighted by Gasteiger charge is -2.19. The Morgan fingerprint density at radius 2 is 1.83 bits per heavy atom. The van der Waals surface area contributed by atoms with Crippen LogP contribution in [0.5, 0.6) is 0 Å². The van der Waals surface area contributed by atoms with Crippen molar-refractivity contribution in [3.63, 3.8) is 0 Å².